The number of para-hydroxylation sites is 2. The Hall–Kier alpha value is -3.21. The Morgan fingerprint density at radius 1 is 0.976 bits per heavy atom. The summed E-state index contributed by atoms with van der Waals surface area (Å²) < 4.78 is 35.1. The van der Waals surface area contributed by atoms with E-state index >= 15 is 0 Å². The minimum Gasteiger partial charge on any atom is -0.492 e. The molecule has 3 aromatic carbocycles. The second kappa shape index (κ2) is 15.3. The summed E-state index contributed by atoms with van der Waals surface area (Å²) in [5.41, 5.74) is 0.970. The number of amides is 2. The Labute approximate surface area is 258 Å². The van der Waals surface area contributed by atoms with Crippen molar-refractivity contribution in [2.24, 2.45) is 0 Å². The third kappa shape index (κ3) is 8.42. The number of carbonyl (C=O) groups is 2. The summed E-state index contributed by atoms with van der Waals surface area (Å²) in [5, 5.41) is 3.47. The van der Waals surface area contributed by atoms with Crippen molar-refractivity contribution in [3.63, 3.8) is 0 Å². The van der Waals surface area contributed by atoms with Crippen LogP contribution in [0.3, 0.4) is 0 Å². The molecule has 3 rings (SSSR count). The predicted molar refractivity (Wildman–Crippen MR) is 170 cm³/mol. The number of hydrogen-bond donors (Lipinski definition) is 1. The SMILES string of the molecule is CCOc1ccccc1N(CC(=O)N(Cc1ccc(Cl)cc1)[C@@H](C)C(=O)N[C@H](C)CC)S(=O)(=O)c1ccc(SC)cc1. The molecule has 0 bridgehead atoms. The van der Waals surface area contributed by atoms with E-state index in [-0.39, 0.29) is 29.1 Å². The van der Waals surface area contributed by atoms with Gasteiger partial charge in [-0.25, -0.2) is 8.42 Å². The van der Waals surface area contributed by atoms with Crippen LogP contribution >= 0.6 is 23.4 Å². The zero-order valence-electron chi connectivity index (χ0n) is 24.5. The van der Waals surface area contributed by atoms with Gasteiger partial charge in [0.25, 0.3) is 10.0 Å². The lowest BCUT2D eigenvalue weighted by molar-refractivity contribution is -0.139. The summed E-state index contributed by atoms with van der Waals surface area (Å²) in [6.07, 6.45) is 2.62. The first-order chi connectivity index (χ1) is 20.0. The largest absolute Gasteiger partial charge is 0.492 e. The normalized spacial score (nSPS) is 12.7. The molecule has 0 saturated heterocycles. The molecule has 0 unspecified atom stereocenters. The van der Waals surface area contributed by atoms with Crippen LogP contribution in [0.25, 0.3) is 0 Å². The minimum atomic E-state index is -4.22. The van der Waals surface area contributed by atoms with Crippen molar-refractivity contribution >= 4 is 50.9 Å². The molecule has 0 saturated carbocycles. The molecule has 0 radical (unpaired) electrons. The van der Waals surface area contributed by atoms with E-state index in [2.05, 4.69) is 5.32 Å². The molecule has 0 aromatic heterocycles. The number of anilines is 1. The Morgan fingerprint density at radius 3 is 2.21 bits per heavy atom. The number of nitrogens with one attached hydrogen (secondary N) is 1. The predicted octanol–water partition coefficient (Wildman–Crippen LogP) is 5.99. The highest BCUT2D eigenvalue weighted by Gasteiger charge is 2.34. The number of halogens is 1. The lowest BCUT2D eigenvalue weighted by atomic mass is 10.1. The van der Waals surface area contributed by atoms with Gasteiger partial charge < -0.3 is 15.0 Å². The molecule has 0 aliphatic rings. The Kier molecular flexibility index (Phi) is 12.1. The van der Waals surface area contributed by atoms with Gasteiger partial charge in [0.2, 0.25) is 11.8 Å². The number of rotatable bonds is 14. The van der Waals surface area contributed by atoms with Crippen molar-refractivity contribution in [3.05, 3.63) is 83.4 Å². The highest BCUT2D eigenvalue weighted by molar-refractivity contribution is 7.98. The highest BCUT2D eigenvalue weighted by atomic mass is 35.5. The Morgan fingerprint density at radius 2 is 1.62 bits per heavy atom. The Balaban J connectivity index is 2.07. The zero-order chi connectivity index (χ0) is 30.9. The van der Waals surface area contributed by atoms with Crippen LogP contribution in [-0.4, -0.2) is 56.6 Å². The van der Waals surface area contributed by atoms with Crippen molar-refractivity contribution in [2.45, 2.75) is 62.5 Å². The van der Waals surface area contributed by atoms with E-state index in [1.807, 2.05) is 20.1 Å². The first-order valence-electron chi connectivity index (χ1n) is 13.7. The van der Waals surface area contributed by atoms with Crippen LogP contribution in [0.1, 0.15) is 39.7 Å². The minimum absolute atomic E-state index is 0.0335. The Bertz CT molecular complexity index is 1450. The van der Waals surface area contributed by atoms with Crippen molar-refractivity contribution in [3.8, 4) is 5.75 Å². The molecule has 226 valence electrons. The van der Waals surface area contributed by atoms with Gasteiger partial charge in [-0.1, -0.05) is 42.8 Å². The van der Waals surface area contributed by atoms with E-state index in [0.29, 0.717) is 17.4 Å². The summed E-state index contributed by atoms with van der Waals surface area (Å²) in [5.74, 6) is -0.556. The van der Waals surface area contributed by atoms with Crippen LogP contribution in [0.4, 0.5) is 5.69 Å². The second-order valence-corrected chi connectivity index (χ2v) is 12.9. The monoisotopic (exact) mass is 631 g/mol. The molecule has 0 fully saturated rings. The summed E-state index contributed by atoms with van der Waals surface area (Å²) >= 11 is 7.56. The van der Waals surface area contributed by atoms with Gasteiger partial charge in [0.1, 0.15) is 18.3 Å². The van der Waals surface area contributed by atoms with Crippen LogP contribution < -0.4 is 14.4 Å². The maximum absolute atomic E-state index is 14.1. The molecule has 0 heterocycles. The summed E-state index contributed by atoms with van der Waals surface area (Å²) in [6, 6.07) is 19.2. The maximum Gasteiger partial charge on any atom is 0.264 e. The van der Waals surface area contributed by atoms with E-state index < -0.39 is 28.5 Å². The first kappa shape index (κ1) is 33.3. The zero-order valence-corrected chi connectivity index (χ0v) is 26.9. The van der Waals surface area contributed by atoms with Gasteiger partial charge in [-0.3, -0.25) is 13.9 Å². The summed E-state index contributed by atoms with van der Waals surface area (Å²) in [4.78, 5) is 29.6. The van der Waals surface area contributed by atoms with Gasteiger partial charge in [-0.15, -0.1) is 11.8 Å². The van der Waals surface area contributed by atoms with Gasteiger partial charge >= 0.3 is 0 Å². The molecule has 11 heteroatoms. The molecular weight excluding hydrogens is 594 g/mol. The van der Waals surface area contributed by atoms with Gasteiger partial charge in [0.15, 0.2) is 0 Å². The van der Waals surface area contributed by atoms with E-state index in [9.17, 15) is 18.0 Å². The average Bonchev–Trinajstić information content (AvgIpc) is 2.99. The molecule has 0 spiro atoms. The van der Waals surface area contributed by atoms with Crippen molar-refractivity contribution < 1.29 is 22.7 Å². The van der Waals surface area contributed by atoms with Gasteiger partial charge in [0.05, 0.1) is 17.2 Å². The number of sulfonamides is 1. The lowest BCUT2D eigenvalue weighted by Crippen LogP contribution is -2.52. The number of thioether (sulfide) groups is 1. The molecule has 0 aliphatic heterocycles. The van der Waals surface area contributed by atoms with Crippen LogP contribution in [0, 0.1) is 0 Å². The fourth-order valence-corrected chi connectivity index (χ4v) is 6.12. The van der Waals surface area contributed by atoms with Crippen LogP contribution in [0.15, 0.2) is 82.6 Å². The van der Waals surface area contributed by atoms with Gasteiger partial charge in [-0.05, 0) is 87.5 Å². The number of carbonyl (C=O) groups excluding carboxylic acids is 2. The molecule has 8 nitrogen and oxygen atoms in total. The lowest BCUT2D eigenvalue weighted by Gasteiger charge is -2.33. The van der Waals surface area contributed by atoms with Gasteiger partial charge in [-0.2, -0.15) is 0 Å². The third-order valence-corrected chi connectivity index (χ3v) is 9.56. The van der Waals surface area contributed by atoms with Crippen LogP contribution in [-0.2, 0) is 26.2 Å². The van der Waals surface area contributed by atoms with Crippen molar-refractivity contribution in [1.82, 2.24) is 10.2 Å². The topological polar surface area (TPSA) is 96.0 Å². The fraction of sp³-hybridized carbons (Fsp3) is 0.355. The second-order valence-electron chi connectivity index (χ2n) is 9.73. The van der Waals surface area contributed by atoms with Crippen LogP contribution in [0.2, 0.25) is 5.02 Å². The summed E-state index contributed by atoms with van der Waals surface area (Å²) in [7, 11) is -4.22. The molecule has 2 atom stereocenters. The average molecular weight is 632 g/mol. The third-order valence-electron chi connectivity index (χ3n) is 6.79. The molecule has 2 amide bonds. The summed E-state index contributed by atoms with van der Waals surface area (Å²) in [6.45, 7) is 7.11. The standard InChI is InChI=1S/C31H38ClN3O5S2/c1-6-22(3)33-31(37)23(4)34(20-24-12-14-25(32)15-13-24)30(36)21-35(28-10-8-9-11-29(28)40-7-2)42(38,39)27-18-16-26(41-5)17-19-27/h8-19,22-23H,6-7,20-21H2,1-5H3,(H,33,37)/t22-,23+/m1/s1. The molecule has 0 aliphatic carbocycles. The number of nitrogens with zero attached hydrogens (tertiary/aromatic N) is 2. The fourth-order valence-electron chi connectivity index (χ4n) is 4.16. The highest BCUT2D eigenvalue weighted by Crippen LogP contribution is 2.33. The van der Waals surface area contributed by atoms with Crippen LogP contribution in [0.5, 0.6) is 5.75 Å². The quantitative estimate of drug-likeness (QED) is 0.220. The molecule has 3 aromatic rings. The molecule has 42 heavy (non-hydrogen) atoms. The first-order valence-corrected chi connectivity index (χ1v) is 16.8. The smallest absolute Gasteiger partial charge is 0.264 e. The number of hydrogen-bond acceptors (Lipinski definition) is 6. The van der Waals surface area contributed by atoms with Crippen molar-refractivity contribution in [1.29, 1.82) is 0 Å². The maximum atomic E-state index is 14.1. The van der Waals surface area contributed by atoms with Crippen molar-refractivity contribution in [2.75, 3.05) is 23.7 Å². The number of benzene rings is 3. The molecular formula is C31H38ClN3O5S2. The van der Waals surface area contributed by atoms with E-state index in [1.165, 1.54) is 28.8 Å². The number of ether oxygens (including phenoxy) is 1. The van der Waals surface area contributed by atoms with E-state index in [1.54, 1.807) is 74.5 Å². The van der Waals surface area contributed by atoms with E-state index in [0.717, 1.165) is 21.2 Å². The van der Waals surface area contributed by atoms with Gasteiger partial charge in [0, 0.05) is 22.5 Å². The molecule has 1 N–H and O–H groups in total. The van der Waals surface area contributed by atoms with E-state index in [4.69, 9.17) is 16.3 Å².